The molecule has 10 heteroatoms. The molecule has 0 aliphatic rings. The van der Waals surface area contributed by atoms with Crippen LogP contribution in [-0.4, -0.2) is 64.2 Å². The summed E-state index contributed by atoms with van der Waals surface area (Å²) in [6, 6.07) is 13.6. The average molecular weight is 548 g/mol. The molecule has 0 saturated heterocycles. The standard InChI is InChI=1S/C28H41N3O6S/c1-6-8-18-29-28(33)22(3)30(21-23-13-11-14-24(20-23)36-4)27(32)17-12-19-31(38(5,34)35)25-15-9-10-16-26(25)37-7-2/h9-11,13-16,20,22H,6-8,12,17-19,21H2,1-5H3,(H,29,33)/t22-/m1/s1. The van der Waals surface area contributed by atoms with E-state index in [1.165, 1.54) is 9.21 Å². The topological polar surface area (TPSA) is 105 Å². The van der Waals surface area contributed by atoms with E-state index in [0.29, 0.717) is 30.3 Å². The summed E-state index contributed by atoms with van der Waals surface area (Å²) in [4.78, 5) is 27.8. The summed E-state index contributed by atoms with van der Waals surface area (Å²) >= 11 is 0. The lowest BCUT2D eigenvalue weighted by Crippen LogP contribution is -2.48. The second kappa shape index (κ2) is 15.2. The highest BCUT2D eigenvalue weighted by Crippen LogP contribution is 2.30. The van der Waals surface area contributed by atoms with Crippen LogP contribution in [0.15, 0.2) is 48.5 Å². The highest BCUT2D eigenvalue weighted by atomic mass is 32.2. The Morgan fingerprint density at radius 2 is 1.79 bits per heavy atom. The molecule has 210 valence electrons. The van der Waals surface area contributed by atoms with Crippen LogP contribution in [0.25, 0.3) is 0 Å². The minimum absolute atomic E-state index is 0.0688. The van der Waals surface area contributed by atoms with Crippen LogP contribution >= 0.6 is 0 Å². The molecule has 38 heavy (non-hydrogen) atoms. The first kappa shape index (κ1) is 31.0. The summed E-state index contributed by atoms with van der Waals surface area (Å²) in [6.45, 7) is 6.84. The second-order valence-electron chi connectivity index (χ2n) is 9.03. The molecule has 2 rings (SSSR count). The Kier molecular flexibility index (Phi) is 12.4. The van der Waals surface area contributed by atoms with Gasteiger partial charge < -0.3 is 19.7 Å². The number of nitrogens with zero attached hydrogens (tertiary/aromatic N) is 2. The van der Waals surface area contributed by atoms with E-state index in [0.717, 1.165) is 24.7 Å². The van der Waals surface area contributed by atoms with E-state index >= 15 is 0 Å². The third-order valence-corrected chi connectivity index (χ3v) is 7.25. The van der Waals surface area contributed by atoms with E-state index in [4.69, 9.17) is 9.47 Å². The number of rotatable bonds is 16. The summed E-state index contributed by atoms with van der Waals surface area (Å²) in [7, 11) is -2.05. The molecule has 0 radical (unpaired) electrons. The Bertz CT molecular complexity index is 1150. The van der Waals surface area contributed by atoms with Gasteiger partial charge in [0.25, 0.3) is 0 Å². The second-order valence-corrected chi connectivity index (χ2v) is 10.9. The molecule has 0 saturated carbocycles. The number of amides is 2. The quantitative estimate of drug-likeness (QED) is 0.319. The van der Waals surface area contributed by atoms with Crippen molar-refractivity contribution in [1.29, 1.82) is 0 Å². The van der Waals surface area contributed by atoms with E-state index in [9.17, 15) is 18.0 Å². The van der Waals surface area contributed by atoms with Gasteiger partial charge in [0.1, 0.15) is 17.5 Å². The molecule has 0 aliphatic carbocycles. The van der Waals surface area contributed by atoms with Gasteiger partial charge in [0.15, 0.2) is 0 Å². The van der Waals surface area contributed by atoms with Crippen molar-refractivity contribution >= 4 is 27.5 Å². The minimum atomic E-state index is -3.63. The molecule has 1 atom stereocenters. The van der Waals surface area contributed by atoms with E-state index in [1.807, 2.05) is 38.1 Å². The SMILES string of the molecule is CCCCNC(=O)[C@@H](C)N(Cc1cccc(OC)c1)C(=O)CCCN(c1ccccc1OCC)S(C)(=O)=O. The fraction of sp³-hybridized carbons (Fsp3) is 0.500. The van der Waals surface area contributed by atoms with Gasteiger partial charge in [-0.1, -0.05) is 37.6 Å². The van der Waals surface area contributed by atoms with Crippen molar-refractivity contribution in [2.24, 2.45) is 0 Å². The van der Waals surface area contributed by atoms with Crippen LogP contribution in [0, 0.1) is 0 Å². The van der Waals surface area contributed by atoms with Crippen LogP contribution < -0.4 is 19.1 Å². The van der Waals surface area contributed by atoms with Crippen molar-refractivity contribution in [1.82, 2.24) is 10.2 Å². The number of ether oxygens (including phenoxy) is 2. The van der Waals surface area contributed by atoms with Gasteiger partial charge in [-0.05, 0) is 56.5 Å². The van der Waals surface area contributed by atoms with Crippen molar-refractivity contribution in [2.75, 3.05) is 37.4 Å². The minimum Gasteiger partial charge on any atom is -0.497 e. The zero-order valence-corrected chi connectivity index (χ0v) is 23.9. The van der Waals surface area contributed by atoms with Crippen LogP contribution in [0.3, 0.4) is 0 Å². The molecule has 0 spiro atoms. The summed E-state index contributed by atoms with van der Waals surface area (Å²) < 4.78 is 37.5. The van der Waals surface area contributed by atoms with Gasteiger partial charge in [-0.25, -0.2) is 8.42 Å². The monoisotopic (exact) mass is 547 g/mol. The summed E-state index contributed by atoms with van der Waals surface area (Å²) in [6.07, 6.45) is 3.27. The normalized spacial score (nSPS) is 11.9. The maximum Gasteiger partial charge on any atom is 0.242 e. The van der Waals surface area contributed by atoms with E-state index in [-0.39, 0.29) is 37.7 Å². The molecular weight excluding hydrogens is 506 g/mol. The van der Waals surface area contributed by atoms with E-state index in [1.54, 1.807) is 38.3 Å². The maximum absolute atomic E-state index is 13.4. The van der Waals surface area contributed by atoms with Crippen LogP contribution in [0.4, 0.5) is 5.69 Å². The molecule has 0 aromatic heterocycles. The lowest BCUT2D eigenvalue weighted by Gasteiger charge is -2.29. The Labute approximate surface area is 227 Å². The van der Waals surface area contributed by atoms with Gasteiger partial charge in [-0.3, -0.25) is 13.9 Å². The zero-order valence-electron chi connectivity index (χ0n) is 23.1. The number of unbranched alkanes of at least 4 members (excludes halogenated alkanes) is 1. The van der Waals surface area contributed by atoms with Crippen molar-refractivity contribution < 1.29 is 27.5 Å². The highest BCUT2D eigenvalue weighted by Gasteiger charge is 2.27. The Morgan fingerprint density at radius 3 is 2.45 bits per heavy atom. The van der Waals surface area contributed by atoms with Gasteiger partial charge in [0.2, 0.25) is 21.8 Å². The van der Waals surface area contributed by atoms with Gasteiger partial charge in [-0.15, -0.1) is 0 Å². The predicted octanol–water partition coefficient (Wildman–Crippen LogP) is 3.97. The maximum atomic E-state index is 13.4. The van der Waals surface area contributed by atoms with Crippen LogP contribution in [0.5, 0.6) is 11.5 Å². The molecule has 0 unspecified atom stereocenters. The lowest BCUT2D eigenvalue weighted by molar-refractivity contribution is -0.140. The number of hydrogen-bond donors (Lipinski definition) is 1. The van der Waals surface area contributed by atoms with Gasteiger partial charge in [0.05, 0.1) is 25.7 Å². The first-order valence-electron chi connectivity index (χ1n) is 13.0. The summed E-state index contributed by atoms with van der Waals surface area (Å²) in [5, 5.41) is 2.90. The third kappa shape index (κ3) is 9.24. The molecule has 0 bridgehead atoms. The number of benzene rings is 2. The first-order valence-corrected chi connectivity index (χ1v) is 14.9. The highest BCUT2D eigenvalue weighted by molar-refractivity contribution is 7.92. The summed E-state index contributed by atoms with van der Waals surface area (Å²) in [5.41, 5.74) is 1.26. The van der Waals surface area contributed by atoms with Crippen molar-refractivity contribution in [3.8, 4) is 11.5 Å². The lowest BCUT2D eigenvalue weighted by atomic mass is 10.1. The fourth-order valence-corrected chi connectivity index (χ4v) is 4.98. The predicted molar refractivity (Wildman–Crippen MR) is 150 cm³/mol. The van der Waals surface area contributed by atoms with E-state index in [2.05, 4.69) is 5.32 Å². The molecule has 0 fully saturated rings. The fourth-order valence-electron chi connectivity index (χ4n) is 4.01. The number of hydrogen-bond acceptors (Lipinski definition) is 6. The molecule has 0 heterocycles. The third-order valence-electron chi connectivity index (χ3n) is 6.07. The smallest absolute Gasteiger partial charge is 0.242 e. The van der Waals surface area contributed by atoms with Gasteiger partial charge in [0, 0.05) is 26.1 Å². The molecule has 0 aliphatic heterocycles. The number of nitrogens with one attached hydrogen (secondary N) is 1. The summed E-state index contributed by atoms with van der Waals surface area (Å²) in [5.74, 6) is 0.658. The number of carbonyl (C=O) groups excluding carboxylic acids is 2. The van der Waals surface area contributed by atoms with Crippen LogP contribution in [-0.2, 0) is 26.2 Å². The Balaban J connectivity index is 2.20. The average Bonchev–Trinajstić information content (AvgIpc) is 2.89. The molecule has 9 nitrogen and oxygen atoms in total. The zero-order chi connectivity index (χ0) is 28.1. The number of carbonyl (C=O) groups is 2. The molecule has 2 aromatic carbocycles. The number of sulfonamides is 1. The van der Waals surface area contributed by atoms with Crippen molar-refractivity contribution in [3.05, 3.63) is 54.1 Å². The van der Waals surface area contributed by atoms with Crippen LogP contribution in [0.1, 0.15) is 52.0 Å². The van der Waals surface area contributed by atoms with Crippen LogP contribution in [0.2, 0.25) is 0 Å². The Morgan fingerprint density at radius 1 is 1.05 bits per heavy atom. The largest absolute Gasteiger partial charge is 0.497 e. The number of anilines is 1. The molecule has 2 amide bonds. The van der Waals surface area contributed by atoms with Gasteiger partial charge >= 0.3 is 0 Å². The number of para-hydroxylation sites is 2. The molecule has 2 aromatic rings. The van der Waals surface area contributed by atoms with Crippen molar-refractivity contribution in [3.63, 3.8) is 0 Å². The number of methoxy groups -OCH3 is 1. The Hall–Kier alpha value is -3.27. The first-order chi connectivity index (χ1) is 18.1. The molecular formula is C28H41N3O6S. The van der Waals surface area contributed by atoms with Crippen molar-refractivity contribution in [2.45, 2.75) is 59.0 Å². The van der Waals surface area contributed by atoms with E-state index < -0.39 is 16.1 Å². The van der Waals surface area contributed by atoms with Gasteiger partial charge in [-0.2, -0.15) is 0 Å². The molecule has 1 N–H and O–H groups in total.